The first kappa shape index (κ1) is 30.5. The Morgan fingerprint density at radius 3 is 2.26 bits per heavy atom. The van der Waals surface area contributed by atoms with Gasteiger partial charge in [0.15, 0.2) is 0 Å². The molecule has 0 aliphatic heterocycles. The summed E-state index contributed by atoms with van der Waals surface area (Å²) in [7, 11) is 0. The third-order valence-electron chi connectivity index (χ3n) is 6.65. The lowest BCUT2D eigenvalue weighted by Gasteiger charge is -2.16. The average Bonchev–Trinajstić information content (AvgIpc) is 3.49. The predicted molar refractivity (Wildman–Crippen MR) is 159 cm³/mol. The second kappa shape index (κ2) is 12.0. The maximum absolute atomic E-state index is 13.3. The molecule has 2 heterocycles. The van der Waals surface area contributed by atoms with Gasteiger partial charge in [-0.1, -0.05) is 24.3 Å². The highest BCUT2D eigenvalue weighted by atomic mass is 16.4. The fraction of sp³-hybridized carbons (Fsp3) is 0.0714. The summed E-state index contributed by atoms with van der Waals surface area (Å²) in [5.74, 6) is -5.81. The summed E-state index contributed by atoms with van der Waals surface area (Å²) >= 11 is 0. The smallest absolute Gasteiger partial charge is 0.335 e. The molecular weight excluding hydrogens is 604 g/mol. The van der Waals surface area contributed by atoms with Crippen molar-refractivity contribution in [3.05, 3.63) is 109 Å². The minimum Gasteiger partial charge on any atom is -0.478 e. The van der Waals surface area contributed by atoms with Crippen LogP contribution in [0.4, 0.5) is 17.1 Å². The zero-order chi connectivity index (χ0) is 33.3. The van der Waals surface area contributed by atoms with Gasteiger partial charge in [-0.05, 0) is 35.4 Å². The molecule has 5 aromatic rings. The van der Waals surface area contributed by atoms with Crippen molar-refractivity contribution in [3.63, 3.8) is 0 Å². The molecule has 0 saturated carbocycles. The van der Waals surface area contributed by atoms with Crippen LogP contribution in [0.1, 0.15) is 59.1 Å². The Kier molecular flexibility index (Phi) is 7.92. The first-order valence-electron chi connectivity index (χ1n) is 13.1. The topological polar surface area (TPSA) is 297 Å². The third kappa shape index (κ3) is 5.93. The van der Waals surface area contributed by atoms with E-state index in [2.05, 4.69) is 31.0 Å². The first-order valence-corrected chi connectivity index (χ1v) is 13.1. The van der Waals surface area contributed by atoms with Crippen LogP contribution in [-0.2, 0) is 11.3 Å². The van der Waals surface area contributed by atoms with E-state index in [1.165, 1.54) is 24.3 Å². The molecule has 5 rings (SSSR count). The molecule has 232 valence electrons. The van der Waals surface area contributed by atoms with E-state index in [0.29, 0.717) is 11.3 Å². The Balaban J connectivity index is 1.40. The lowest BCUT2D eigenvalue weighted by molar-refractivity contribution is -0.120. The number of carbonyl (C=O) groups is 5. The number of primary amides is 2. The van der Waals surface area contributed by atoms with Gasteiger partial charge in [0.2, 0.25) is 11.7 Å². The fourth-order valence-electron chi connectivity index (χ4n) is 4.30. The fourth-order valence-corrected chi connectivity index (χ4v) is 4.30. The molecule has 0 spiro atoms. The van der Waals surface area contributed by atoms with Crippen molar-refractivity contribution < 1.29 is 29.1 Å². The van der Waals surface area contributed by atoms with E-state index in [9.17, 15) is 33.6 Å². The summed E-state index contributed by atoms with van der Waals surface area (Å²) < 4.78 is 0.898. The van der Waals surface area contributed by atoms with Crippen LogP contribution in [0.5, 0.6) is 0 Å². The van der Waals surface area contributed by atoms with E-state index in [4.69, 9.17) is 22.3 Å². The number of aromatic nitrogens is 4. The van der Waals surface area contributed by atoms with Crippen molar-refractivity contribution in [2.45, 2.75) is 12.6 Å². The molecule has 0 aliphatic carbocycles. The Bertz CT molecular complexity index is 2150. The number of amides is 4. The molecule has 10 N–H and O–H groups in total. The number of hydrogen-bond donors (Lipinski definition) is 7. The second-order valence-corrected chi connectivity index (χ2v) is 9.73. The van der Waals surface area contributed by atoms with Crippen LogP contribution in [0.25, 0.3) is 5.78 Å². The molecule has 0 saturated heterocycles. The van der Waals surface area contributed by atoms with E-state index in [1.807, 2.05) is 0 Å². The zero-order valence-electron chi connectivity index (χ0n) is 23.3. The standard InChI is InChI=1S/C28H22N10O8/c29-17-19(21(40)20(17)39)33-14-3-1-2-11(8-14)10-32-26(44)16-9-15(34-28-36-24(23(31)42)37-38(16)28)25(43)35-18(22(30)41)12-4-6-13(7-5-12)27(45)46/h1-9,18,33H,10,29H2,(H2,30,41)(H2,31,42)(H,32,44)(H,35,43)(H,45,46)/t18-/m1/s1. The number of carbonyl (C=O) groups excluding carboxylic acids is 4. The predicted octanol–water partition coefficient (Wildman–Crippen LogP) is -1.27. The summed E-state index contributed by atoms with van der Waals surface area (Å²) in [6.07, 6.45) is 0. The number of carboxylic acid groups (broad SMARTS) is 1. The van der Waals surface area contributed by atoms with Crippen molar-refractivity contribution in [1.29, 1.82) is 0 Å². The van der Waals surface area contributed by atoms with Crippen LogP contribution in [-0.4, -0.2) is 54.3 Å². The van der Waals surface area contributed by atoms with Gasteiger partial charge in [0, 0.05) is 18.3 Å². The number of nitrogens with two attached hydrogens (primary N) is 3. The number of hydrogen-bond acceptors (Lipinski definition) is 12. The molecule has 1 atom stereocenters. The molecule has 0 radical (unpaired) electrons. The largest absolute Gasteiger partial charge is 0.478 e. The monoisotopic (exact) mass is 626 g/mol. The minimum atomic E-state index is -1.41. The van der Waals surface area contributed by atoms with Gasteiger partial charge in [-0.15, -0.1) is 5.10 Å². The zero-order valence-corrected chi connectivity index (χ0v) is 23.3. The van der Waals surface area contributed by atoms with Crippen LogP contribution >= 0.6 is 0 Å². The molecular formula is C28H22N10O8. The Hall–Kier alpha value is -6.98. The molecule has 0 aliphatic rings. The minimum absolute atomic E-state index is 0.0385. The number of anilines is 3. The van der Waals surface area contributed by atoms with Crippen molar-refractivity contribution in [3.8, 4) is 0 Å². The number of benzene rings is 2. The van der Waals surface area contributed by atoms with Gasteiger partial charge in [0.25, 0.3) is 34.4 Å². The van der Waals surface area contributed by atoms with E-state index in [-0.39, 0.29) is 40.5 Å². The molecule has 0 bridgehead atoms. The number of rotatable bonds is 11. The van der Waals surface area contributed by atoms with Crippen LogP contribution in [0.15, 0.2) is 64.2 Å². The number of nitrogens with one attached hydrogen (secondary N) is 3. The van der Waals surface area contributed by atoms with Gasteiger partial charge in [0.05, 0.1) is 5.56 Å². The van der Waals surface area contributed by atoms with Crippen LogP contribution in [0.2, 0.25) is 0 Å². The Morgan fingerprint density at radius 2 is 1.63 bits per heavy atom. The third-order valence-corrected chi connectivity index (χ3v) is 6.65. The summed E-state index contributed by atoms with van der Waals surface area (Å²) in [4.78, 5) is 92.8. The average molecular weight is 627 g/mol. The highest BCUT2D eigenvalue weighted by Crippen LogP contribution is 2.20. The van der Waals surface area contributed by atoms with Crippen molar-refractivity contribution in [1.82, 2.24) is 30.2 Å². The second-order valence-electron chi connectivity index (χ2n) is 9.73. The Labute approximate surface area is 255 Å². The summed E-state index contributed by atoms with van der Waals surface area (Å²) in [6, 6.07) is 11.1. The maximum Gasteiger partial charge on any atom is 0.335 e. The van der Waals surface area contributed by atoms with Gasteiger partial charge in [-0.3, -0.25) is 28.8 Å². The van der Waals surface area contributed by atoms with Gasteiger partial charge in [-0.2, -0.15) is 9.50 Å². The van der Waals surface area contributed by atoms with Gasteiger partial charge in [0.1, 0.15) is 28.8 Å². The number of aromatic carboxylic acids is 1. The SMILES string of the molecule is NC(=O)c1nc2nc(C(=O)N[C@@H](C(N)=O)c3ccc(C(=O)O)cc3)cc(C(=O)NCc3cccc(Nc4c(N)c(=O)c4=O)c3)n2n1. The van der Waals surface area contributed by atoms with Crippen LogP contribution < -0.4 is 44.0 Å². The molecule has 18 nitrogen and oxygen atoms in total. The molecule has 2 aromatic heterocycles. The Morgan fingerprint density at radius 1 is 0.913 bits per heavy atom. The highest BCUT2D eigenvalue weighted by Gasteiger charge is 2.26. The number of nitrogens with zero attached hydrogens (tertiary/aromatic N) is 4. The highest BCUT2D eigenvalue weighted by molar-refractivity contribution is 6.00. The van der Waals surface area contributed by atoms with E-state index < -0.39 is 58.0 Å². The quantitative estimate of drug-likeness (QED) is 0.0842. The van der Waals surface area contributed by atoms with E-state index >= 15 is 0 Å². The lowest BCUT2D eigenvalue weighted by atomic mass is 10.0. The normalized spacial score (nSPS) is 11.6. The van der Waals surface area contributed by atoms with E-state index in [0.717, 1.165) is 10.6 Å². The number of nitrogen functional groups attached to an aromatic ring is 1. The molecule has 3 aromatic carbocycles. The maximum atomic E-state index is 13.3. The summed E-state index contributed by atoms with van der Waals surface area (Å²) in [5.41, 5.74) is 15.0. The van der Waals surface area contributed by atoms with Gasteiger partial charge in [-0.25, -0.2) is 9.78 Å². The van der Waals surface area contributed by atoms with E-state index in [1.54, 1.807) is 24.3 Å². The lowest BCUT2D eigenvalue weighted by Crippen LogP contribution is -2.38. The molecule has 46 heavy (non-hydrogen) atoms. The van der Waals surface area contributed by atoms with Gasteiger partial charge < -0.3 is 38.3 Å². The molecule has 0 fully saturated rings. The number of carboxylic acids is 1. The van der Waals surface area contributed by atoms with Crippen molar-refractivity contribution in [2.24, 2.45) is 11.5 Å². The molecule has 4 amide bonds. The van der Waals surface area contributed by atoms with Crippen molar-refractivity contribution in [2.75, 3.05) is 11.1 Å². The summed E-state index contributed by atoms with van der Waals surface area (Å²) in [5, 5.41) is 20.8. The van der Waals surface area contributed by atoms with Crippen molar-refractivity contribution >= 4 is 52.4 Å². The summed E-state index contributed by atoms with van der Waals surface area (Å²) in [6.45, 7) is -0.0748. The number of fused-ring (bicyclic) bond motifs is 1. The van der Waals surface area contributed by atoms with Crippen LogP contribution in [0, 0.1) is 0 Å². The molecule has 18 heteroatoms. The van der Waals surface area contributed by atoms with Gasteiger partial charge >= 0.3 is 5.97 Å². The first-order chi connectivity index (χ1) is 21.8. The van der Waals surface area contributed by atoms with Crippen LogP contribution in [0.3, 0.4) is 0 Å². The molecule has 0 unspecified atom stereocenters.